The van der Waals surface area contributed by atoms with Gasteiger partial charge in [0, 0.05) is 0 Å². The zero-order valence-corrected chi connectivity index (χ0v) is 8.87. The molecule has 0 spiro atoms. The fourth-order valence-corrected chi connectivity index (χ4v) is 2.22. The van der Waals surface area contributed by atoms with E-state index >= 15 is 0 Å². The van der Waals surface area contributed by atoms with Crippen LogP contribution in [0.25, 0.3) is 0 Å². The molecule has 0 saturated carbocycles. The van der Waals surface area contributed by atoms with Gasteiger partial charge in [0.2, 0.25) is 0 Å². The fourth-order valence-electron chi connectivity index (χ4n) is 1.18. The van der Waals surface area contributed by atoms with Gasteiger partial charge in [-0.3, -0.25) is 4.79 Å². The summed E-state index contributed by atoms with van der Waals surface area (Å²) in [5.74, 6) is -0.441. The quantitative estimate of drug-likeness (QED) is 0.721. The van der Waals surface area contributed by atoms with E-state index in [1.54, 1.807) is 0 Å². The standard InChI is InChI=1S/C9H14N2OS/c1-9(2,3)5-4-13-8(11)6(5)7(10)12/h4H,11H2,1-3H3,(H2,10,12). The summed E-state index contributed by atoms with van der Waals surface area (Å²) in [5.41, 5.74) is 12.2. The smallest absolute Gasteiger partial charge is 0.251 e. The van der Waals surface area contributed by atoms with Gasteiger partial charge < -0.3 is 11.5 Å². The largest absolute Gasteiger partial charge is 0.390 e. The van der Waals surface area contributed by atoms with Crippen LogP contribution in [0.5, 0.6) is 0 Å². The van der Waals surface area contributed by atoms with Crippen molar-refractivity contribution in [3.63, 3.8) is 0 Å². The maximum Gasteiger partial charge on any atom is 0.251 e. The van der Waals surface area contributed by atoms with Gasteiger partial charge in [-0.25, -0.2) is 0 Å². The van der Waals surface area contributed by atoms with Crippen LogP contribution >= 0.6 is 11.3 Å². The summed E-state index contributed by atoms with van der Waals surface area (Å²) in [7, 11) is 0. The van der Waals surface area contributed by atoms with Gasteiger partial charge in [0.1, 0.15) is 0 Å². The number of carbonyl (C=O) groups excluding carboxylic acids is 1. The normalized spacial score (nSPS) is 11.6. The van der Waals surface area contributed by atoms with Crippen molar-refractivity contribution in [3.8, 4) is 0 Å². The van der Waals surface area contributed by atoms with E-state index in [1.807, 2.05) is 26.2 Å². The van der Waals surface area contributed by atoms with Gasteiger partial charge in [-0.1, -0.05) is 20.8 Å². The molecule has 72 valence electrons. The van der Waals surface area contributed by atoms with Gasteiger partial charge in [0.25, 0.3) is 5.91 Å². The van der Waals surface area contributed by atoms with Crippen molar-refractivity contribution in [2.75, 3.05) is 5.73 Å². The number of anilines is 1. The molecule has 0 unspecified atom stereocenters. The number of hydrogen-bond acceptors (Lipinski definition) is 3. The molecule has 0 fully saturated rings. The summed E-state index contributed by atoms with van der Waals surface area (Å²) in [6, 6.07) is 0. The third-order valence-corrected chi connectivity index (χ3v) is 2.69. The molecule has 1 amide bonds. The maximum absolute atomic E-state index is 11.1. The zero-order chi connectivity index (χ0) is 10.2. The van der Waals surface area contributed by atoms with Crippen LogP contribution in [-0.2, 0) is 5.41 Å². The lowest BCUT2D eigenvalue weighted by molar-refractivity contribution is 0.0999. The lowest BCUT2D eigenvalue weighted by Crippen LogP contribution is -2.20. The number of amides is 1. The summed E-state index contributed by atoms with van der Waals surface area (Å²) in [6.45, 7) is 6.09. The molecule has 1 aromatic rings. The van der Waals surface area contributed by atoms with Gasteiger partial charge >= 0.3 is 0 Å². The highest BCUT2D eigenvalue weighted by molar-refractivity contribution is 7.14. The van der Waals surface area contributed by atoms with E-state index in [0.29, 0.717) is 10.6 Å². The summed E-state index contributed by atoms with van der Waals surface area (Å²) < 4.78 is 0. The first-order valence-corrected chi connectivity index (χ1v) is 4.89. The van der Waals surface area contributed by atoms with Crippen molar-refractivity contribution in [1.82, 2.24) is 0 Å². The molecule has 0 bridgehead atoms. The van der Waals surface area contributed by atoms with E-state index in [2.05, 4.69) is 0 Å². The van der Waals surface area contributed by atoms with Crippen LogP contribution in [0.1, 0.15) is 36.7 Å². The van der Waals surface area contributed by atoms with E-state index < -0.39 is 5.91 Å². The Morgan fingerprint density at radius 2 is 2.00 bits per heavy atom. The van der Waals surface area contributed by atoms with E-state index in [0.717, 1.165) is 5.56 Å². The molecule has 1 heterocycles. The number of nitrogen functional groups attached to an aromatic ring is 1. The Kier molecular flexibility index (Phi) is 2.34. The second-order valence-electron chi connectivity index (χ2n) is 4.00. The SMILES string of the molecule is CC(C)(C)c1csc(N)c1C(N)=O. The van der Waals surface area contributed by atoms with Gasteiger partial charge in [-0.05, 0) is 16.4 Å². The Balaban J connectivity index is 3.31. The number of rotatable bonds is 1. The summed E-state index contributed by atoms with van der Waals surface area (Å²) in [5, 5.41) is 2.41. The third-order valence-electron chi connectivity index (χ3n) is 1.87. The Morgan fingerprint density at radius 1 is 1.46 bits per heavy atom. The minimum absolute atomic E-state index is 0.0848. The average molecular weight is 198 g/mol. The Bertz CT molecular complexity index is 336. The van der Waals surface area contributed by atoms with E-state index in [1.165, 1.54) is 11.3 Å². The molecule has 1 aromatic heterocycles. The van der Waals surface area contributed by atoms with Crippen molar-refractivity contribution in [2.24, 2.45) is 5.73 Å². The number of thiophene rings is 1. The molecule has 4 N–H and O–H groups in total. The summed E-state index contributed by atoms with van der Waals surface area (Å²) in [6.07, 6.45) is 0. The first-order chi connectivity index (χ1) is 5.84. The van der Waals surface area contributed by atoms with Gasteiger partial charge in [0.15, 0.2) is 0 Å². The molecule has 0 atom stereocenters. The van der Waals surface area contributed by atoms with Crippen LogP contribution in [-0.4, -0.2) is 5.91 Å². The number of primary amides is 1. The molecular weight excluding hydrogens is 184 g/mol. The molecule has 0 aliphatic rings. The number of hydrogen-bond donors (Lipinski definition) is 2. The Labute approximate surface area is 81.7 Å². The van der Waals surface area contributed by atoms with Crippen LogP contribution < -0.4 is 11.5 Å². The molecular formula is C9H14N2OS. The molecule has 0 saturated heterocycles. The van der Waals surface area contributed by atoms with E-state index in [-0.39, 0.29) is 5.41 Å². The summed E-state index contributed by atoms with van der Waals surface area (Å²) >= 11 is 1.36. The monoisotopic (exact) mass is 198 g/mol. The van der Waals surface area contributed by atoms with E-state index in [9.17, 15) is 4.79 Å². The van der Waals surface area contributed by atoms with Crippen molar-refractivity contribution in [1.29, 1.82) is 0 Å². The van der Waals surface area contributed by atoms with Gasteiger partial charge in [-0.15, -0.1) is 11.3 Å². The van der Waals surface area contributed by atoms with Crippen LogP contribution in [0, 0.1) is 0 Å². The van der Waals surface area contributed by atoms with Crippen molar-refractivity contribution < 1.29 is 4.79 Å². The maximum atomic E-state index is 11.1. The lowest BCUT2D eigenvalue weighted by atomic mass is 9.86. The zero-order valence-electron chi connectivity index (χ0n) is 8.05. The predicted molar refractivity (Wildman–Crippen MR) is 55.9 cm³/mol. The minimum atomic E-state index is -0.441. The molecule has 0 aromatic carbocycles. The highest BCUT2D eigenvalue weighted by Gasteiger charge is 2.23. The van der Waals surface area contributed by atoms with Crippen molar-refractivity contribution >= 4 is 22.2 Å². The number of nitrogens with two attached hydrogens (primary N) is 2. The second kappa shape index (κ2) is 3.03. The molecule has 1 rings (SSSR count). The molecule has 3 nitrogen and oxygen atoms in total. The van der Waals surface area contributed by atoms with Crippen molar-refractivity contribution in [3.05, 3.63) is 16.5 Å². The van der Waals surface area contributed by atoms with Gasteiger partial charge in [-0.2, -0.15) is 0 Å². The average Bonchev–Trinajstić information content (AvgIpc) is 2.28. The third kappa shape index (κ3) is 1.83. The highest BCUT2D eigenvalue weighted by atomic mass is 32.1. The molecule has 13 heavy (non-hydrogen) atoms. The highest BCUT2D eigenvalue weighted by Crippen LogP contribution is 2.33. The molecule has 0 aliphatic heterocycles. The number of carbonyl (C=O) groups is 1. The molecule has 4 heteroatoms. The first-order valence-electron chi connectivity index (χ1n) is 4.01. The molecule has 0 aliphatic carbocycles. The van der Waals surface area contributed by atoms with Crippen LogP contribution in [0.2, 0.25) is 0 Å². The van der Waals surface area contributed by atoms with Crippen LogP contribution in [0.3, 0.4) is 0 Å². The van der Waals surface area contributed by atoms with E-state index in [4.69, 9.17) is 11.5 Å². The molecule has 0 radical (unpaired) electrons. The minimum Gasteiger partial charge on any atom is -0.390 e. The van der Waals surface area contributed by atoms with Crippen molar-refractivity contribution in [2.45, 2.75) is 26.2 Å². The lowest BCUT2D eigenvalue weighted by Gasteiger charge is -2.18. The summed E-state index contributed by atoms with van der Waals surface area (Å²) in [4.78, 5) is 11.1. The second-order valence-corrected chi connectivity index (χ2v) is 4.91. The predicted octanol–water partition coefficient (Wildman–Crippen LogP) is 1.73. The van der Waals surface area contributed by atoms with Gasteiger partial charge in [0.05, 0.1) is 10.6 Å². The van der Waals surface area contributed by atoms with Crippen LogP contribution in [0.4, 0.5) is 5.00 Å². The Morgan fingerprint density at radius 3 is 2.31 bits per heavy atom. The fraction of sp³-hybridized carbons (Fsp3) is 0.444. The Hall–Kier alpha value is -1.03. The van der Waals surface area contributed by atoms with Crippen LogP contribution in [0.15, 0.2) is 5.38 Å². The first kappa shape index (κ1) is 10.1. The topological polar surface area (TPSA) is 69.1 Å².